The maximum atomic E-state index is 15.3. The Balaban J connectivity index is 1.40. The minimum Gasteiger partial charge on any atom is -0.203 e. The summed E-state index contributed by atoms with van der Waals surface area (Å²) in [5.74, 6) is -2.16. The zero-order valence-electron chi connectivity index (χ0n) is 20.0. The van der Waals surface area contributed by atoms with Gasteiger partial charge in [0, 0.05) is 11.1 Å². The molecular weight excluding hydrogens is 436 g/mol. The van der Waals surface area contributed by atoms with E-state index in [-0.39, 0.29) is 17.0 Å². The van der Waals surface area contributed by atoms with Crippen LogP contribution in [0.15, 0.2) is 24.8 Å². The van der Waals surface area contributed by atoms with Gasteiger partial charge in [-0.3, -0.25) is 0 Å². The summed E-state index contributed by atoms with van der Waals surface area (Å²) in [5.41, 5.74) is 1.77. The van der Waals surface area contributed by atoms with E-state index >= 15 is 17.6 Å². The molecule has 4 heteroatoms. The molecule has 34 heavy (non-hydrogen) atoms. The lowest BCUT2D eigenvalue weighted by atomic mass is 9.78. The third-order valence-corrected chi connectivity index (χ3v) is 8.81. The summed E-state index contributed by atoms with van der Waals surface area (Å²) in [6.45, 7) is 6.07. The predicted molar refractivity (Wildman–Crippen MR) is 129 cm³/mol. The van der Waals surface area contributed by atoms with Crippen LogP contribution in [-0.2, 0) is 12.8 Å². The summed E-state index contributed by atoms with van der Waals surface area (Å²) in [5, 5.41) is 0. The first-order valence-electron chi connectivity index (χ1n) is 13.0. The number of aryl methyl sites for hydroxylation is 1. The molecule has 2 saturated carbocycles. The molecule has 0 spiro atoms. The molecule has 182 valence electrons. The summed E-state index contributed by atoms with van der Waals surface area (Å²) < 4.78 is 60.7. The number of hydrogen-bond acceptors (Lipinski definition) is 0. The van der Waals surface area contributed by atoms with Gasteiger partial charge in [-0.1, -0.05) is 38.0 Å². The van der Waals surface area contributed by atoms with Crippen molar-refractivity contribution in [3.8, 4) is 11.1 Å². The number of allylic oxidation sites excluding steroid dienone is 1. The second-order valence-corrected chi connectivity index (χ2v) is 11.0. The molecule has 0 heterocycles. The van der Waals surface area contributed by atoms with Crippen molar-refractivity contribution in [2.24, 2.45) is 17.8 Å². The van der Waals surface area contributed by atoms with Crippen molar-refractivity contribution in [1.82, 2.24) is 0 Å². The molecule has 0 aliphatic heterocycles. The summed E-state index contributed by atoms with van der Waals surface area (Å²) in [6, 6.07) is 3.42. The number of hydrogen-bond donors (Lipinski definition) is 0. The molecule has 0 saturated heterocycles. The second kappa shape index (κ2) is 9.51. The fourth-order valence-electron chi connectivity index (χ4n) is 6.59. The Hall–Kier alpha value is -2.10. The minimum absolute atomic E-state index is 0.00645. The maximum Gasteiger partial charge on any atom is 0.167 e. The number of fused-ring (bicyclic) bond motifs is 3. The lowest BCUT2D eigenvalue weighted by Gasteiger charge is -2.27. The van der Waals surface area contributed by atoms with Crippen LogP contribution in [0.5, 0.6) is 0 Å². The normalized spacial score (nSPS) is 26.3. The third kappa shape index (κ3) is 4.22. The van der Waals surface area contributed by atoms with E-state index in [0.717, 1.165) is 57.8 Å². The van der Waals surface area contributed by atoms with Crippen LogP contribution >= 0.6 is 0 Å². The molecule has 2 fully saturated rings. The quantitative estimate of drug-likeness (QED) is 0.258. The molecule has 2 aromatic rings. The molecule has 0 aromatic heterocycles. The van der Waals surface area contributed by atoms with Crippen molar-refractivity contribution >= 4 is 0 Å². The average molecular weight is 471 g/mol. The van der Waals surface area contributed by atoms with E-state index in [1.54, 1.807) is 12.1 Å². The Bertz CT molecular complexity index is 1090. The Morgan fingerprint density at radius 1 is 0.794 bits per heavy atom. The standard InChI is InChI=1S/C30H34F4/c1-3-18-6-8-19(9-7-18)10-13-21-14-22-15-23-16-24(20-11-4-17(2)5-12-20)28(32)30(34)26(23)25(22)29(33)27(21)31/h3,14,16-20H,1,4-13,15H2,2H3. The SMILES string of the molecule is C=CC1CCC(CCc2cc3c(c(F)c2F)-c2c(cc(C4CCC(C)CC4)c(F)c2F)C3)CC1. The molecule has 0 nitrogen and oxygen atoms in total. The van der Waals surface area contributed by atoms with Crippen molar-refractivity contribution < 1.29 is 17.6 Å². The Morgan fingerprint density at radius 2 is 1.41 bits per heavy atom. The van der Waals surface area contributed by atoms with E-state index in [2.05, 4.69) is 13.5 Å². The molecule has 2 aromatic carbocycles. The lowest BCUT2D eigenvalue weighted by Crippen LogP contribution is -2.14. The third-order valence-electron chi connectivity index (χ3n) is 8.81. The van der Waals surface area contributed by atoms with Gasteiger partial charge in [0.15, 0.2) is 23.3 Å². The van der Waals surface area contributed by atoms with Crippen molar-refractivity contribution in [1.29, 1.82) is 0 Å². The fraction of sp³-hybridized carbons (Fsp3) is 0.533. The molecule has 0 radical (unpaired) electrons. The van der Waals surface area contributed by atoms with E-state index < -0.39 is 23.3 Å². The molecule has 0 unspecified atom stereocenters. The van der Waals surface area contributed by atoms with E-state index in [1.807, 2.05) is 6.08 Å². The summed E-state index contributed by atoms with van der Waals surface area (Å²) >= 11 is 0. The molecule has 5 rings (SSSR count). The van der Waals surface area contributed by atoms with Crippen molar-refractivity contribution in [3.05, 3.63) is 70.3 Å². The molecule has 0 bridgehead atoms. The van der Waals surface area contributed by atoms with E-state index in [4.69, 9.17) is 0 Å². The summed E-state index contributed by atoms with van der Waals surface area (Å²) in [4.78, 5) is 0. The van der Waals surface area contributed by atoms with Crippen LogP contribution in [0.3, 0.4) is 0 Å². The number of rotatable bonds is 5. The van der Waals surface area contributed by atoms with Crippen molar-refractivity contribution in [3.63, 3.8) is 0 Å². The Morgan fingerprint density at radius 3 is 2.06 bits per heavy atom. The largest absolute Gasteiger partial charge is 0.203 e. The van der Waals surface area contributed by atoms with Crippen molar-refractivity contribution in [2.45, 2.75) is 83.5 Å². The first-order chi connectivity index (χ1) is 16.4. The molecule has 3 aliphatic rings. The molecular formula is C30H34F4. The van der Waals surface area contributed by atoms with Gasteiger partial charge >= 0.3 is 0 Å². The van der Waals surface area contributed by atoms with Crippen molar-refractivity contribution in [2.75, 3.05) is 0 Å². The topological polar surface area (TPSA) is 0 Å². The van der Waals surface area contributed by atoms with Gasteiger partial charge in [0.2, 0.25) is 0 Å². The first-order valence-corrected chi connectivity index (χ1v) is 13.0. The zero-order valence-corrected chi connectivity index (χ0v) is 20.0. The van der Waals surface area contributed by atoms with Gasteiger partial charge in [-0.2, -0.15) is 0 Å². The van der Waals surface area contributed by atoms with Gasteiger partial charge in [0.05, 0.1) is 0 Å². The average Bonchev–Trinajstić information content (AvgIpc) is 3.22. The van der Waals surface area contributed by atoms with Gasteiger partial charge < -0.3 is 0 Å². The van der Waals surface area contributed by atoms with E-state index in [1.165, 1.54) is 0 Å². The predicted octanol–water partition coefficient (Wildman–Crippen LogP) is 9.03. The van der Waals surface area contributed by atoms with Gasteiger partial charge in [0.1, 0.15) is 0 Å². The van der Waals surface area contributed by atoms with E-state index in [9.17, 15) is 0 Å². The highest BCUT2D eigenvalue weighted by molar-refractivity contribution is 5.79. The summed E-state index contributed by atoms with van der Waals surface area (Å²) in [7, 11) is 0. The van der Waals surface area contributed by atoms with Crippen LogP contribution in [-0.4, -0.2) is 0 Å². The number of benzene rings is 2. The minimum atomic E-state index is -1.03. The first kappa shape index (κ1) is 23.6. The van der Waals surface area contributed by atoms with Gasteiger partial charge in [-0.15, -0.1) is 6.58 Å². The maximum absolute atomic E-state index is 15.3. The Labute approximate surface area is 200 Å². The monoisotopic (exact) mass is 470 g/mol. The lowest BCUT2D eigenvalue weighted by molar-refractivity contribution is 0.295. The van der Waals surface area contributed by atoms with Crippen LogP contribution in [0.2, 0.25) is 0 Å². The van der Waals surface area contributed by atoms with Gasteiger partial charge in [-0.25, -0.2) is 17.6 Å². The molecule has 3 aliphatic carbocycles. The highest BCUT2D eigenvalue weighted by Gasteiger charge is 2.34. The fourth-order valence-corrected chi connectivity index (χ4v) is 6.59. The smallest absolute Gasteiger partial charge is 0.167 e. The van der Waals surface area contributed by atoms with Gasteiger partial charge in [-0.05, 0) is 104 Å². The second-order valence-electron chi connectivity index (χ2n) is 11.0. The molecule has 0 amide bonds. The van der Waals surface area contributed by atoms with Crippen LogP contribution in [0.25, 0.3) is 11.1 Å². The molecule has 0 N–H and O–H groups in total. The molecule has 0 atom stereocenters. The van der Waals surface area contributed by atoms with E-state index in [0.29, 0.717) is 52.8 Å². The van der Waals surface area contributed by atoms with Crippen LogP contribution < -0.4 is 0 Å². The highest BCUT2D eigenvalue weighted by Crippen LogP contribution is 2.46. The van der Waals surface area contributed by atoms with Crippen LogP contribution in [0.1, 0.15) is 92.9 Å². The highest BCUT2D eigenvalue weighted by atomic mass is 19.2. The Kier molecular flexibility index (Phi) is 6.61. The zero-order chi connectivity index (χ0) is 24.0. The van der Waals surface area contributed by atoms with Crippen LogP contribution in [0, 0.1) is 41.0 Å². The van der Waals surface area contributed by atoms with Crippen LogP contribution in [0.4, 0.5) is 17.6 Å². The number of halogens is 4. The summed E-state index contributed by atoms with van der Waals surface area (Å²) in [6.07, 6.45) is 11.7. The van der Waals surface area contributed by atoms with Gasteiger partial charge in [0.25, 0.3) is 0 Å².